The molecule has 2 aromatic rings. The van der Waals surface area contributed by atoms with Crippen molar-refractivity contribution in [3.05, 3.63) is 48.5 Å². The third-order valence-corrected chi connectivity index (χ3v) is 2.60. The van der Waals surface area contributed by atoms with Crippen molar-refractivity contribution >= 4 is 0 Å². The molecule has 0 amide bonds. The first-order valence-corrected chi connectivity index (χ1v) is 6.27. The number of nitrogens with one attached hydrogen (secondary N) is 1. The fourth-order valence-corrected chi connectivity index (χ4v) is 1.66. The van der Waals surface area contributed by atoms with E-state index in [4.69, 9.17) is 4.74 Å². The molecule has 18 heavy (non-hydrogen) atoms. The molecule has 4 heteroatoms. The Bertz CT molecular complexity index is 453. The zero-order chi connectivity index (χ0) is 12.6. The van der Waals surface area contributed by atoms with Crippen molar-refractivity contribution in [3.8, 4) is 5.75 Å². The van der Waals surface area contributed by atoms with E-state index in [0.29, 0.717) is 6.61 Å². The molecule has 0 radical (unpaired) electrons. The quantitative estimate of drug-likeness (QED) is 0.811. The third kappa shape index (κ3) is 3.89. The lowest BCUT2D eigenvalue weighted by Crippen LogP contribution is -2.12. The van der Waals surface area contributed by atoms with E-state index >= 15 is 0 Å². The van der Waals surface area contributed by atoms with Crippen LogP contribution in [0.25, 0.3) is 0 Å². The number of aromatic nitrogens is 2. The van der Waals surface area contributed by atoms with Crippen molar-refractivity contribution in [3.63, 3.8) is 0 Å². The number of hydrogen-bond acceptors (Lipinski definition) is 3. The van der Waals surface area contributed by atoms with E-state index in [9.17, 15) is 0 Å². The molecule has 0 spiro atoms. The zero-order valence-electron chi connectivity index (χ0n) is 10.7. The van der Waals surface area contributed by atoms with Gasteiger partial charge in [-0.15, -0.1) is 0 Å². The van der Waals surface area contributed by atoms with Crippen molar-refractivity contribution in [1.82, 2.24) is 14.9 Å². The summed E-state index contributed by atoms with van der Waals surface area (Å²) in [4.78, 5) is 4.32. The summed E-state index contributed by atoms with van der Waals surface area (Å²) in [7, 11) is 0. The molecular formula is C14H19N3O. The van der Waals surface area contributed by atoms with Gasteiger partial charge in [-0.1, -0.05) is 25.1 Å². The summed E-state index contributed by atoms with van der Waals surface area (Å²) in [6.07, 6.45) is 3.90. The second-order valence-electron chi connectivity index (χ2n) is 4.04. The summed E-state index contributed by atoms with van der Waals surface area (Å²) in [5.41, 5.74) is 1.07. The summed E-state index contributed by atoms with van der Waals surface area (Å²) in [5, 5.41) is 3.25. The third-order valence-electron chi connectivity index (χ3n) is 2.60. The van der Waals surface area contributed by atoms with Crippen LogP contribution < -0.4 is 10.1 Å². The van der Waals surface area contributed by atoms with Gasteiger partial charge in [-0.3, -0.25) is 0 Å². The van der Waals surface area contributed by atoms with E-state index in [2.05, 4.69) is 28.0 Å². The summed E-state index contributed by atoms with van der Waals surface area (Å²) in [6.45, 7) is 5.34. The predicted octanol–water partition coefficient (Wildman–Crippen LogP) is 2.07. The standard InChI is InChI=1S/C14H19N3O/c1-2-15-10-13-11-17(12-16-13)8-9-18-14-6-4-3-5-7-14/h3-7,11-12,15H,2,8-10H2,1H3. The largest absolute Gasteiger partial charge is 0.492 e. The van der Waals surface area contributed by atoms with Crippen LogP contribution in [0, 0.1) is 0 Å². The van der Waals surface area contributed by atoms with Crippen LogP contribution in [-0.4, -0.2) is 22.7 Å². The van der Waals surface area contributed by atoms with Gasteiger partial charge in [-0.25, -0.2) is 4.98 Å². The van der Waals surface area contributed by atoms with Crippen LogP contribution in [0.3, 0.4) is 0 Å². The molecule has 0 atom stereocenters. The van der Waals surface area contributed by atoms with Crippen LogP contribution in [0.15, 0.2) is 42.9 Å². The SMILES string of the molecule is CCNCc1cn(CCOc2ccccc2)cn1. The van der Waals surface area contributed by atoms with Gasteiger partial charge in [0.1, 0.15) is 12.4 Å². The maximum Gasteiger partial charge on any atom is 0.119 e. The highest BCUT2D eigenvalue weighted by atomic mass is 16.5. The summed E-state index contributed by atoms with van der Waals surface area (Å²) < 4.78 is 7.69. The van der Waals surface area contributed by atoms with Crippen LogP contribution >= 0.6 is 0 Å². The molecule has 0 fully saturated rings. The lowest BCUT2D eigenvalue weighted by atomic mass is 10.3. The number of imidazole rings is 1. The fourth-order valence-electron chi connectivity index (χ4n) is 1.66. The van der Waals surface area contributed by atoms with Gasteiger partial charge in [0.05, 0.1) is 18.6 Å². The highest BCUT2D eigenvalue weighted by Crippen LogP contribution is 2.08. The van der Waals surface area contributed by atoms with Gasteiger partial charge in [-0.05, 0) is 18.7 Å². The Kier molecular flexibility index (Phi) is 4.78. The molecule has 0 saturated heterocycles. The highest BCUT2D eigenvalue weighted by molar-refractivity contribution is 5.20. The van der Waals surface area contributed by atoms with E-state index in [-0.39, 0.29) is 0 Å². The second kappa shape index (κ2) is 6.81. The Morgan fingerprint density at radius 3 is 2.89 bits per heavy atom. The van der Waals surface area contributed by atoms with E-state index < -0.39 is 0 Å². The molecule has 1 heterocycles. The molecule has 1 aromatic heterocycles. The van der Waals surface area contributed by atoms with E-state index in [0.717, 1.165) is 31.1 Å². The van der Waals surface area contributed by atoms with Gasteiger partial charge in [0.25, 0.3) is 0 Å². The molecule has 0 bridgehead atoms. The number of rotatable bonds is 7. The smallest absolute Gasteiger partial charge is 0.119 e. The van der Waals surface area contributed by atoms with Crippen LogP contribution in [-0.2, 0) is 13.1 Å². The fraction of sp³-hybridized carbons (Fsp3) is 0.357. The molecule has 0 aliphatic carbocycles. The van der Waals surface area contributed by atoms with Crippen molar-refractivity contribution in [2.75, 3.05) is 13.2 Å². The number of nitrogens with zero attached hydrogens (tertiary/aromatic N) is 2. The lowest BCUT2D eigenvalue weighted by Gasteiger charge is -2.06. The first-order valence-electron chi connectivity index (χ1n) is 6.27. The molecule has 0 aliphatic heterocycles. The Morgan fingerprint density at radius 1 is 1.28 bits per heavy atom. The van der Waals surface area contributed by atoms with E-state index in [1.54, 1.807) is 0 Å². The molecule has 0 unspecified atom stereocenters. The van der Waals surface area contributed by atoms with Crippen LogP contribution in [0.2, 0.25) is 0 Å². The number of ether oxygens (including phenoxy) is 1. The molecule has 1 aromatic carbocycles. The predicted molar refractivity (Wildman–Crippen MR) is 71.5 cm³/mol. The van der Waals surface area contributed by atoms with Crippen molar-refractivity contribution < 1.29 is 4.74 Å². The van der Waals surface area contributed by atoms with E-state index in [1.807, 2.05) is 36.7 Å². The molecule has 1 N–H and O–H groups in total. The molecule has 0 saturated carbocycles. The first kappa shape index (κ1) is 12.6. The normalized spacial score (nSPS) is 10.5. The van der Waals surface area contributed by atoms with Gasteiger partial charge in [0, 0.05) is 12.7 Å². The summed E-state index contributed by atoms with van der Waals surface area (Å²) >= 11 is 0. The van der Waals surface area contributed by atoms with Crippen LogP contribution in [0.5, 0.6) is 5.75 Å². The van der Waals surface area contributed by atoms with Gasteiger partial charge < -0.3 is 14.6 Å². The Morgan fingerprint density at radius 2 is 2.11 bits per heavy atom. The summed E-state index contributed by atoms with van der Waals surface area (Å²) in [6, 6.07) is 9.85. The highest BCUT2D eigenvalue weighted by Gasteiger charge is 1.98. The minimum absolute atomic E-state index is 0.654. The lowest BCUT2D eigenvalue weighted by molar-refractivity contribution is 0.298. The molecule has 0 aliphatic rings. The molecule has 2 rings (SSSR count). The maximum absolute atomic E-state index is 5.64. The minimum Gasteiger partial charge on any atom is -0.492 e. The topological polar surface area (TPSA) is 39.1 Å². The van der Waals surface area contributed by atoms with Gasteiger partial charge in [0.15, 0.2) is 0 Å². The number of para-hydroxylation sites is 1. The van der Waals surface area contributed by atoms with Crippen molar-refractivity contribution in [2.24, 2.45) is 0 Å². The molecule has 4 nitrogen and oxygen atoms in total. The Labute approximate surface area is 108 Å². The van der Waals surface area contributed by atoms with Gasteiger partial charge in [-0.2, -0.15) is 0 Å². The van der Waals surface area contributed by atoms with Crippen molar-refractivity contribution in [1.29, 1.82) is 0 Å². The first-order chi connectivity index (χ1) is 8.88. The monoisotopic (exact) mass is 245 g/mol. The zero-order valence-corrected chi connectivity index (χ0v) is 10.7. The van der Waals surface area contributed by atoms with Crippen molar-refractivity contribution in [2.45, 2.75) is 20.0 Å². The molecule has 96 valence electrons. The van der Waals surface area contributed by atoms with Gasteiger partial charge >= 0.3 is 0 Å². The van der Waals surface area contributed by atoms with Gasteiger partial charge in [0.2, 0.25) is 0 Å². The van der Waals surface area contributed by atoms with Crippen LogP contribution in [0.4, 0.5) is 0 Å². The number of benzene rings is 1. The Balaban J connectivity index is 1.75. The Hall–Kier alpha value is -1.81. The average molecular weight is 245 g/mol. The maximum atomic E-state index is 5.64. The van der Waals surface area contributed by atoms with Crippen LogP contribution in [0.1, 0.15) is 12.6 Å². The number of hydrogen-bond donors (Lipinski definition) is 1. The average Bonchev–Trinajstić information content (AvgIpc) is 2.85. The summed E-state index contributed by atoms with van der Waals surface area (Å²) in [5.74, 6) is 0.908. The molecular weight excluding hydrogens is 226 g/mol. The second-order valence-corrected chi connectivity index (χ2v) is 4.04. The van der Waals surface area contributed by atoms with E-state index in [1.165, 1.54) is 0 Å². The minimum atomic E-state index is 0.654.